The second-order valence-electron chi connectivity index (χ2n) is 2.55. The summed E-state index contributed by atoms with van der Waals surface area (Å²) in [5, 5.41) is 8.45. The van der Waals surface area contributed by atoms with E-state index in [1.807, 2.05) is 12.1 Å². The van der Waals surface area contributed by atoms with E-state index in [1.165, 1.54) is 0 Å². The van der Waals surface area contributed by atoms with Gasteiger partial charge in [-0.25, -0.2) is 0 Å². The van der Waals surface area contributed by atoms with E-state index in [2.05, 4.69) is 4.98 Å². The number of hydrogen-bond acceptors (Lipinski definition) is 3. The zero-order valence-corrected chi connectivity index (χ0v) is 6.73. The lowest BCUT2D eigenvalue weighted by molar-refractivity contribution is -0.121. The van der Waals surface area contributed by atoms with E-state index in [1.54, 1.807) is 12.4 Å². The molecule has 0 aromatic carbocycles. The van der Waals surface area contributed by atoms with Crippen molar-refractivity contribution in [3.8, 4) is 0 Å². The molecule has 0 aliphatic heterocycles. The Balaban J connectivity index is 2.38. The largest absolute Gasteiger partial charge is 0.389 e. The highest BCUT2D eigenvalue weighted by molar-refractivity contribution is 5.79. The highest BCUT2D eigenvalue weighted by Gasteiger charge is 1.99. The molecular formula is C9H11NO2. The summed E-state index contributed by atoms with van der Waals surface area (Å²) in [5.41, 5.74) is 1.08. The molecule has 0 radical (unpaired) electrons. The van der Waals surface area contributed by atoms with Crippen LogP contribution in [0.2, 0.25) is 0 Å². The van der Waals surface area contributed by atoms with E-state index >= 15 is 0 Å². The van der Waals surface area contributed by atoms with Crippen LogP contribution >= 0.6 is 0 Å². The second-order valence-corrected chi connectivity index (χ2v) is 2.55. The van der Waals surface area contributed by atoms with Crippen molar-refractivity contribution >= 4 is 5.78 Å². The molecule has 1 aromatic rings. The molecule has 3 nitrogen and oxygen atoms in total. The van der Waals surface area contributed by atoms with Crippen LogP contribution in [-0.4, -0.2) is 22.5 Å². The van der Waals surface area contributed by atoms with Gasteiger partial charge in [-0.2, -0.15) is 0 Å². The maximum absolute atomic E-state index is 10.7. The molecule has 0 atom stereocenters. The van der Waals surface area contributed by atoms with Gasteiger partial charge >= 0.3 is 0 Å². The second kappa shape index (κ2) is 4.62. The van der Waals surface area contributed by atoms with Crippen molar-refractivity contribution in [2.45, 2.75) is 12.8 Å². The summed E-state index contributed by atoms with van der Waals surface area (Å²) in [4.78, 5) is 14.6. The molecule has 0 fully saturated rings. The summed E-state index contributed by atoms with van der Waals surface area (Å²) >= 11 is 0. The number of Topliss-reactive ketones (excluding diaryl/α,β-unsaturated/α-hetero) is 1. The molecule has 0 aliphatic carbocycles. The Labute approximate surface area is 71.1 Å². The number of pyridine rings is 1. The molecule has 0 amide bonds. The molecule has 0 aliphatic rings. The molecule has 0 bridgehead atoms. The monoisotopic (exact) mass is 165 g/mol. The van der Waals surface area contributed by atoms with E-state index in [0.717, 1.165) is 5.56 Å². The molecule has 1 rings (SSSR count). The van der Waals surface area contributed by atoms with Gasteiger partial charge in [0.1, 0.15) is 6.61 Å². The number of aliphatic hydroxyl groups excluding tert-OH is 1. The predicted octanol–water partition coefficient (Wildman–Crippen LogP) is 0.576. The molecule has 0 spiro atoms. The molecule has 0 unspecified atom stereocenters. The first kappa shape index (κ1) is 8.87. The number of rotatable bonds is 4. The average molecular weight is 165 g/mol. The predicted molar refractivity (Wildman–Crippen MR) is 44.7 cm³/mol. The van der Waals surface area contributed by atoms with Gasteiger partial charge in [-0.1, -0.05) is 0 Å². The van der Waals surface area contributed by atoms with Crippen molar-refractivity contribution in [1.82, 2.24) is 4.98 Å². The first-order valence-corrected chi connectivity index (χ1v) is 3.84. The van der Waals surface area contributed by atoms with Crippen LogP contribution < -0.4 is 0 Å². The number of aryl methyl sites for hydroxylation is 1. The standard InChI is InChI=1S/C9H11NO2/c11-7-9(12)2-1-8-3-5-10-6-4-8/h3-6,11H,1-2,7H2. The summed E-state index contributed by atoms with van der Waals surface area (Å²) in [5.74, 6) is -0.119. The molecular weight excluding hydrogens is 154 g/mol. The molecule has 1 heterocycles. The lowest BCUT2D eigenvalue weighted by Gasteiger charge is -1.97. The smallest absolute Gasteiger partial charge is 0.158 e. The summed E-state index contributed by atoms with van der Waals surface area (Å²) in [6.45, 7) is -0.356. The summed E-state index contributed by atoms with van der Waals surface area (Å²) in [6, 6.07) is 3.73. The molecule has 0 saturated carbocycles. The minimum atomic E-state index is -0.356. The van der Waals surface area contributed by atoms with Crippen LogP contribution in [0.1, 0.15) is 12.0 Å². The van der Waals surface area contributed by atoms with E-state index < -0.39 is 0 Å². The Kier molecular flexibility index (Phi) is 3.41. The summed E-state index contributed by atoms with van der Waals surface area (Å²) < 4.78 is 0. The molecule has 3 heteroatoms. The van der Waals surface area contributed by atoms with Crippen molar-refractivity contribution in [1.29, 1.82) is 0 Å². The maximum atomic E-state index is 10.7. The van der Waals surface area contributed by atoms with Crippen LogP contribution in [0, 0.1) is 0 Å². The topological polar surface area (TPSA) is 50.2 Å². The SMILES string of the molecule is O=C(CO)CCc1ccncc1. The average Bonchev–Trinajstić information content (AvgIpc) is 2.16. The molecule has 1 aromatic heterocycles. The Morgan fingerprint density at radius 2 is 2.08 bits per heavy atom. The first-order chi connectivity index (χ1) is 5.83. The van der Waals surface area contributed by atoms with Crippen molar-refractivity contribution in [3.63, 3.8) is 0 Å². The van der Waals surface area contributed by atoms with Crippen LogP contribution in [0.5, 0.6) is 0 Å². The number of hydrogen-bond donors (Lipinski definition) is 1. The van der Waals surface area contributed by atoms with Crippen molar-refractivity contribution in [2.75, 3.05) is 6.61 Å². The van der Waals surface area contributed by atoms with Crippen LogP contribution in [0.25, 0.3) is 0 Å². The van der Waals surface area contributed by atoms with Gasteiger partial charge in [0, 0.05) is 18.8 Å². The Hall–Kier alpha value is -1.22. The summed E-state index contributed by atoms with van der Waals surface area (Å²) in [7, 11) is 0. The van der Waals surface area contributed by atoms with E-state index in [9.17, 15) is 4.79 Å². The Morgan fingerprint density at radius 1 is 1.42 bits per heavy atom. The van der Waals surface area contributed by atoms with Crippen LogP contribution in [0.15, 0.2) is 24.5 Å². The third-order valence-corrected chi connectivity index (χ3v) is 1.62. The van der Waals surface area contributed by atoms with Gasteiger partial charge in [0.15, 0.2) is 5.78 Å². The van der Waals surface area contributed by atoms with Gasteiger partial charge in [-0.15, -0.1) is 0 Å². The van der Waals surface area contributed by atoms with E-state index in [-0.39, 0.29) is 12.4 Å². The number of carbonyl (C=O) groups is 1. The highest BCUT2D eigenvalue weighted by atomic mass is 16.3. The van der Waals surface area contributed by atoms with Gasteiger partial charge in [0.25, 0.3) is 0 Å². The number of nitrogens with zero attached hydrogens (tertiary/aromatic N) is 1. The fourth-order valence-corrected chi connectivity index (χ4v) is 0.912. The number of aliphatic hydroxyl groups is 1. The molecule has 1 N–H and O–H groups in total. The van der Waals surface area contributed by atoms with Gasteiger partial charge < -0.3 is 5.11 Å². The minimum absolute atomic E-state index is 0.119. The number of carbonyl (C=O) groups excluding carboxylic acids is 1. The maximum Gasteiger partial charge on any atom is 0.158 e. The third-order valence-electron chi connectivity index (χ3n) is 1.62. The Bertz CT molecular complexity index is 246. The highest BCUT2D eigenvalue weighted by Crippen LogP contribution is 2.00. The quantitative estimate of drug-likeness (QED) is 0.709. The van der Waals surface area contributed by atoms with Gasteiger partial charge in [-0.05, 0) is 24.1 Å². The summed E-state index contributed by atoms with van der Waals surface area (Å²) in [6.07, 6.45) is 4.47. The van der Waals surface area contributed by atoms with Crippen LogP contribution in [0.4, 0.5) is 0 Å². The zero-order valence-electron chi connectivity index (χ0n) is 6.73. The van der Waals surface area contributed by atoms with Crippen molar-refractivity contribution in [3.05, 3.63) is 30.1 Å². The minimum Gasteiger partial charge on any atom is -0.389 e. The van der Waals surface area contributed by atoms with Gasteiger partial charge in [0.2, 0.25) is 0 Å². The van der Waals surface area contributed by atoms with Crippen molar-refractivity contribution in [2.24, 2.45) is 0 Å². The van der Waals surface area contributed by atoms with Gasteiger partial charge in [0.05, 0.1) is 0 Å². The number of ketones is 1. The van der Waals surface area contributed by atoms with Gasteiger partial charge in [-0.3, -0.25) is 9.78 Å². The number of aromatic nitrogens is 1. The zero-order chi connectivity index (χ0) is 8.81. The lowest BCUT2D eigenvalue weighted by atomic mass is 10.1. The van der Waals surface area contributed by atoms with Crippen LogP contribution in [-0.2, 0) is 11.2 Å². The van der Waals surface area contributed by atoms with Crippen molar-refractivity contribution < 1.29 is 9.90 Å². The van der Waals surface area contributed by atoms with E-state index in [0.29, 0.717) is 12.8 Å². The normalized spacial score (nSPS) is 9.75. The third kappa shape index (κ3) is 2.80. The molecule has 64 valence electrons. The first-order valence-electron chi connectivity index (χ1n) is 3.84. The molecule has 12 heavy (non-hydrogen) atoms. The van der Waals surface area contributed by atoms with E-state index in [4.69, 9.17) is 5.11 Å². The Morgan fingerprint density at radius 3 is 2.67 bits per heavy atom. The molecule has 0 saturated heterocycles. The van der Waals surface area contributed by atoms with Crippen LogP contribution in [0.3, 0.4) is 0 Å². The fourth-order valence-electron chi connectivity index (χ4n) is 0.912. The fraction of sp³-hybridized carbons (Fsp3) is 0.333. The lowest BCUT2D eigenvalue weighted by Crippen LogP contribution is -2.04.